The van der Waals surface area contributed by atoms with Crippen LogP contribution in [0.5, 0.6) is 5.75 Å². The van der Waals surface area contributed by atoms with Crippen LogP contribution in [0.25, 0.3) is 0 Å². The molecule has 0 amide bonds. The largest absolute Gasteiger partial charge is 0.493 e. The number of nitrogens with zero attached hydrogens (tertiary/aromatic N) is 2. The van der Waals surface area contributed by atoms with Crippen LogP contribution in [0.4, 0.5) is 0 Å². The van der Waals surface area contributed by atoms with Crippen LogP contribution < -0.4 is 10.1 Å². The van der Waals surface area contributed by atoms with Crippen molar-refractivity contribution in [3.05, 3.63) is 53.6 Å². The summed E-state index contributed by atoms with van der Waals surface area (Å²) in [5.41, 5.74) is 3.54. The standard InChI is InChI=1S/C16H19N3O/c1-2-7-18-16(14-5-8-17-11-19-14)13-3-4-15-12(10-13)6-9-20-15/h3-5,8,10-11,16,18H,2,6-7,9H2,1H3. The molecule has 1 N–H and O–H groups in total. The Morgan fingerprint density at radius 1 is 1.35 bits per heavy atom. The molecule has 0 fully saturated rings. The molecule has 4 heteroatoms. The zero-order chi connectivity index (χ0) is 13.8. The first-order valence-electron chi connectivity index (χ1n) is 7.13. The van der Waals surface area contributed by atoms with E-state index < -0.39 is 0 Å². The maximum Gasteiger partial charge on any atom is 0.122 e. The second-order valence-electron chi connectivity index (χ2n) is 4.99. The SMILES string of the molecule is CCCNC(c1ccc2c(c1)CCO2)c1ccncn1. The summed E-state index contributed by atoms with van der Waals surface area (Å²) in [6, 6.07) is 8.51. The Balaban J connectivity index is 1.92. The highest BCUT2D eigenvalue weighted by atomic mass is 16.5. The van der Waals surface area contributed by atoms with Crippen LogP contribution in [0.1, 0.15) is 36.2 Å². The van der Waals surface area contributed by atoms with Gasteiger partial charge in [0.05, 0.1) is 18.3 Å². The average molecular weight is 269 g/mol. The van der Waals surface area contributed by atoms with Crippen LogP contribution in [0.2, 0.25) is 0 Å². The number of benzene rings is 1. The van der Waals surface area contributed by atoms with Crippen LogP contribution in [0.3, 0.4) is 0 Å². The molecule has 3 rings (SSSR count). The molecule has 1 aromatic heterocycles. The van der Waals surface area contributed by atoms with Gasteiger partial charge in [0, 0.05) is 12.6 Å². The molecule has 0 saturated heterocycles. The lowest BCUT2D eigenvalue weighted by Crippen LogP contribution is -2.24. The number of ether oxygens (including phenoxy) is 1. The van der Waals surface area contributed by atoms with E-state index >= 15 is 0 Å². The van der Waals surface area contributed by atoms with Gasteiger partial charge in [0.2, 0.25) is 0 Å². The average Bonchev–Trinajstić information content (AvgIpc) is 2.96. The monoisotopic (exact) mass is 269 g/mol. The van der Waals surface area contributed by atoms with E-state index in [0.717, 1.165) is 37.4 Å². The van der Waals surface area contributed by atoms with Gasteiger partial charge in [0.15, 0.2) is 0 Å². The lowest BCUT2D eigenvalue weighted by molar-refractivity contribution is 0.357. The van der Waals surface area contributed by atoms with Crippen molar-refractivity contribution >= 4 is 0 Å². The van der Waals surface area contributed by atoms with Gasteiger partial charge in [-0.05, 0) is 36.2 Å². The van der Waals surface area contributed by atoms with Crippen molar-refractivity contribution in [1.29, 1.82) is 0 Å². The number of nitrogens with one attached hydrogen (secondary N) is 1. The number of aromatic nitrogens is 2. The van der Waals surface area contributed by atoms with Crippen molar-refractivity contribution in [2.45, 2.75) is 25.8 Å². The van der Waals surface area contributed by atoms with Gasteiger partial charge in [0.25, 0.3) is 0 Å². The summed E-state index contributed by atoms with van der Waals surface area (Å²) in [6.07, 6.45) is 5.48. The molecule has 1 aliphatic heterocycles. The molecule has 0 aliphatic carbocycles. The van der Waals surface area contributed by atoms with Crippen LogP contribution in [-0.2, 0) is 6.42 Å². The van der Waals surface area contributed by atoms with Gasteiger partial charge in [-0.25, -0.2) is 9.97 Å². The molecular formula is C16H19N3O. The van der Waals surface area contributed by atoms with E-state index in [2.05, 4.69) is 40.4 Å². The van der Waals surface area contributed by atoms with E-state index in [9.17, 15) is 0 Å². The van der Waals surface area contributed by atoms with Gasteiger partial charge in [-0.15, -0.1) is 0 Å². The van der Waals surface area contributed by atoms with Gasteiger partial charge in [-0.2, -0.15) is 0 Å². The molecule has 1 aromatic carbocycles. The number of hydrogen-bond donors (Lipinski definition) is 1. The van der Waals surface area contributed by atoms with Gasteiger partial charge in [0.1, 0.15) is 12.1 Å². The van der Waals surface area contributed by atoms with Gasteiger partial charge in [-0.3, -0.25) is 0 Å². The molecule has 0 saturated carbocycles. The minimum Gasteiger partial charge on any atom is -0.493 e. The first-order valence-corrected chi connectivity index (χ1v) is 7.13. The molecule has 4 nitrogen and oxygen atoms in total. The lowest BCUT2D eigenvalue weighted by Gasteiger charge is -2.19. The van der Waals surface area contributed by atoms with Gasteiger partial charge < -0.3 is 10.1 Å². The maximum absolute atomic E-state index is 5.57. The van der Waals surface area contributed by atoms with E-state index in [0.29, 0.717) is 0 Å². The highest BCUT2D eigenvalue weighted by Gasteiger charge is 2.18. The molecule has 2 aromatic rings. The molecule has 20 heavy (non-hydrogen) atoms. The highest BCUT2D eigenvalue weighted by Crippen LogP contribution is 2.29. The molecule has 104 valence electrons. The second-order valence-corrected chi connectivity index (χ2v) is 4.99. The zero-order valence-corrected chi connectivity index (χ0v) is 11.7. The summed E-state index contributed by atoms with van der Waals surface area (Å²) in [7, 11) is 0. The third-order valence-electron chi connectivity index (χ3n) is 3.55. The zero-order valence-electron chi connectivity index (χ0n) is 11.7. The Kier molecular flexibility index (Phi) is 3.92. The molecule has 0 bridgehead atoms. The third kappa shape index (κ3) is 2.65. The molecule has 0 radical (unpaired) electrons. The summed E-state index contributed by atoms with van der Waals surface area (Å²) in [5, 5.41) is 3.56. The Morgan fingerprint density at radius 3 is 3.10 bits per heavy atom. The third-order valence-corrected chi connectivity index (χ3v) is 3.55. The molecule has 2 heterocycles. The van der Waals surface area contributed by atoms with Gasteiger partial charge in [-0.1, -0.05) is 19.1 Å². The maximum atomic E-state index is 5.57. The Bertz CT molecular complexity index is 571. The number of hydrogen-bond acceptors (Lipinski definition) is 4. The summed E-state index contributed by atoms with van der Waals surface area (Å²) in [5.74, 6) is 1.02. The van der Waals surface area contributed by atoms with Crippen molar-refractivity contribution in [1.82, 2.24) is 15.3 Å². The fraction of sp³-hybridized carbons (Fsp3) is 0.375. The molecule has 1 atom stereocenters. The van der Waals surface area contributed by atoms with E-state index in [1.807, 2.05) is 6.07 Å². The van der Waals surface area contributed by atoms with E-state index in [4.69, 9.17) is 4.74 Å². The molecular weight excluding hydrogens is 250 g/mol. The highest BCUT2D eigenvalue weighted by molar-refractivity contribution is 5.42. The first-order chi connectivity index (χ1) is 9.88. The molecule has 1 unspecified atom stereocenters. The molecule has 0 spiro atoms. The van der Waals surface area contributed by atoms with Crippen LogP contribution in [0.15, 0.2) is 36.8 Å². The summed E-state index contributed by atoms with van der Waals surface area (Å²) in [4.78, 5) is 8.40. The predicted octanol–water partition coefficient (Wildman–Crippen LogP) is 2.50. The van der Waals surface area contributed by atoms with Crippen molar-refractivity contribution < 1.29 is 4.74 Å². The van der Waals surface area contributed by atoms with Crippen molar-refractivity contribution in [2.75, 3.05) is 13.2 Å². The minimum absolute atomic E-state index is 0.115. The minimum atomic E-state index is 0.115. The topological polar surface area (TPSA) is 47.0 Å². The number of rotatable bonds is 5. The molecule has 1 aliphatic rings. The predicted molar refractivity (Wildman–Crippen MR) is 77.8 cm³/mol. The Hall–Kier alpha value is -1.94. The van der Waals surface area contributed by atoms with Crippen molar-refractivity contribution in [2.24, 2.45) is 0 Å². The second kappa shape index (κ2) is 6.01. The van der Waals surface area contributed by atoms with Gasteiger partial charge >= 0.3 is 0 Å². The fourth-order valence-corrected chi connectivity index (χ4v) is 2.54. The summed E-state index contributed by atoms with van der Waals surface area (Å²) >= 11 is 0. The van der Waals surface area contributed by atoms with Crippen LogP contribution >= 0.6 is 0 Å². The lowest BCUT2D eigenvalue weighted by atomic mass is 10.00. The first kappa shape index (κ1) is 13.1. The van der Waals surface area contributed by atoms with Crippen molar-refractivity contribution in [3.63, 3.8) is 0 Å². The normalized spacial score (nSPS) is 14.7. The summed E-state index contributed by atoms with van der Waals surface area (Å²) < 4.78 is 5.57. The van der Waals surface area contributed by atoms with Crippen molar-refractivity contribution in [3.8, 4) is 5.75 Å². The fourth-order valence-electron chi connectivity index (χ4n) is 2.54. The van der Waals surface area contributed by atoms with E-state index in [-0.39, 0.29) is 6.04 Å². The van der Waals surface area contributed by atoms with Crippen LogP contribution in [-0.4, -0.2) is 23.1 Å². The Morgan fingerprint density at radius 2 is 2.30 bits per heavy atom. The summed E-state index contributed by atoms with van der Waals surface area (Å²) in [6.45, 7) is 3.92. The Labute approximate surface area is 119 Å². The van der Waals surface area contributed by atoms with E-state index in [1.165, 1.54) is 11.1 Å². The van der Waals surface area contributed by atoms with E-state index in [1.54, 1.807) is 12.5 Å². The van der Waals surface area contributed by atoms with Crippen LogP contribution in [0, 0.1) is 0 Å². The number of fused-ring (bicyclic) bond motifs is 1. The smallest absolute Gasteiger partial charge is 0.122 e. The quantitative estimate of drug-likeness (QED) is 0.906.